The van der Waals surface area contributed by atoms with Crippen LogP contribution in [0, 0.1) is 45.3 Å². The van der Waals surface area contributed by atoms with E-state index in [2.05, 4.69) is 89.5 Å². The van der Waals surface area contributed by atoms with E-state index in [1.54, 1.807) is 0 Å². The van der Waals surface area contributed by atoms with Crippen LogP contribution in [0.25, 0.3) is 0 Å². The smallest absolute Gasteiger partial charge is 0.165 e. The SMILES string of the molecule is CO[C@]12CC[C@@]3(CC1C(C)(O)C(C)(C)C)C1Cc4ccc(OCCOc5ccc6c7c5O[C@@H]5[C@]8(OC)CCC9(C[C@@H]8C(C)(O)C(C)(C)C)C(C6)N(CC6CC6)CC[C@]759)c5c4C3(CCN1CC1CC1)C2O5. The van der Waals surface area contributed by atoms with Crippen LogP contribution in [0.4, 0.5) is 0 Å². The molecule has 2 aromatic rings. The molecule has 2 aromatic carbocycles. The topological polar surface area (TPSA) is 102 Å². The van der Waals surface area contributed by atoms with E-state index >= 15 is 0 Å². The summed E-state index contributed by atoms with van der Waals surface area (Å²) >= 11 is 0. The van der Waals surface area contributed by atoms with Gasteiger partial charge in [-0.05, 0) is 163 Å². The summed E-state index contributed by atoms with van der Waals surface area (Å²) in [5.74, 6) is 4.90. The van der Waals surface area contributed by atoms with Crippen LogP contribution in [0.1, 0.15) is 155 Å². The lowest BCUT2D eigenvalue weighted by Crippen LogP contribution is -2.83. The van der Waals surface area contributed by atoms with Crippen LogP contribution in [0.2, 0.25) is 0 Å². The molecule has 4 aliphatic heterocycles. The van der Waals surface area contributed by atoms with Crippen molar-refractivity contribution in [3.05, 3.63) is 46.5 Å². The van der Waals surface area contributed by atoms with Gasteiger partial charge in [0.15, 0.2) is 23.0 Å². The number of methoxy groups -OCH3 is 2. The molecule has 4 spiro atoms. The third-order valence-corrected chi connectivity index (χ3v) is 24.3. The van der Waals surface area contributed by atoms with Crippen molar-refractivity contribution in [1.29, 1.82) is 0 Å². The predicted octanol–water partition coefficient (Wildman–Crippen LogP) is 9.19. The van der Waals surface area contributed by atoms with Crippen molar-refractivity contribution < 1.29 is 38.6 Å². The first-order valence-electron chi connectivity index (χ1n) is 28.1. The molecule has 2 saturated heterocycles. The van der Waals surface area contributed by atoms with Gasteiger partial charge >= 0.3 is 0 Å². The Morgan fingerprint density at radius 1 is 0.571 bits per heavy atom. The minimum atomic E-state index is -0.964. The van der Waals surface area contributed by atoms with E-state index in [1.807, 2.05) is 14.2 Å². The third kappa shape index (κ3) is 5.29. The molecule has 8 bridgehead atoms. The Hall–Kier alpha value is -2.60. The molecule has 4 heterocycles. The predicted molar refractivity (Wildman–Crippen MR) is 268 cm³/mol. The van der Waals surface area contributed by atoms with Gasteiger partial charge in [-0.25, -0.2) is 0 Å². The second kappa shape index (κ2) is 14.2. The lowest BCUT2D eigenvalue weighted by Gasteiger charge is -2.75. The van der Waals surface area contributed by atoms with Gasteiger partial charge in [-0.1, -0.05) is 53.7 Å². The highest BCUT2D eigenvalue weighted by Crippen LogP contribution is 2.80. The molecule has 10 fully saturated rings. The largest absolute Gasteiger partial charge is 0.486 e. The fraction of sp³-hybridized carbons (Fsp3) is 0.800. The Morgan fingerprint density at radius 3 is 1.33 bits per heavy atom. The van der Waals surface area contributed by atoms with Gasteiger partial charge in [-0.15, -0.1) is 0 Å². The molecular weight excluding hydrogens is 877 g/mol. The number of hydrogen-bond donors (Lipinski definition) is 2. The van der Waals surface area contributed by atoms with Gasteiger partial charge < -0.3 is 38.6 Å². The molecule has 14 aliphatic rings. The summed E-state index contributed by atoms with van der Waals surface area (Å²) in [5.41, 5.74) is 1.29. The van der Waals surface area contributed by atoms with Gasteiger partial charge in [0.25, 0.3) is 0 Å². The first-order valence-corrected chi connectivity index (χ1v) is 28.1. The highest BCUT2D eigenvalue weighted by Gasteiger charge is 2.84. The first-order chi connectivity index (χ1) is 33.2. The van der Waals surface area contributed by atoms with Crippen LogP contribution >= 0.6 is 0 Å². The fourth-order valence-electron chi connectivity index (χ4n) is 19.7. The molecule has 16 rings (SSSR count). The molecule has 70 heavy (non-hydrogen) atoms. The van der Waals surface area contributed by atoms with Crippen molar-refractivity contribution >= 4 is 0 Å². The molecule has 0 radical (unpaired) electrons. The van der Waals surface area contributed by atoms with Crippen LogP contribution < -0.4 is 18.9 Å². The lowest BCUT2D eigenvalue weighted by molar-refractivity contribution is -0.312. The van der Waals surface area contributed by atoms with Crippen molar-refractivity contribution in [3.63, 3.8) is 0 Å². The number of fused-ring (bicyclic) bond motifs is 4. The zero-order valence-corrected chi connectivity index (χ0v) is 44.3. The average molecular weight is 961 g/mol. The van der Waals surface area contributed by atoms with Crippen LogP contribution in [-0.2, 0) is 33.1 Å². The Morgan fingerprint density at radius 2 is 0.971 bits per heavy atom. The van der Waals surface area contributed by atoms with Gasteiger partial charge in [0.2, 0.25) is 0 Å². The van der Waals surface area contributed by atoms with Crippen LogP contribution in [0.5, 0.6) is 23.0 Å². The molecular formula is C60H84N2O8. The second-order valence-corrected chi connectivity index (χ2v) is 28.2. The van der Waals surface area contributed by atoms with E-state index in [9.17, 15) is 10.2 Å². The summed E-state index contributed by atoms with van der Waals surface area (Å²) in [7, 11) is 3.78. The quantitative estimate of drug-likeness (QED) is 0.189. The monoisotopic (exact) mass is 961 g/mol. The van der Waals surface area contributed by atoms with E-state index in [0.717, 1.165) is 112 Å². The summed E-state index contributed by atoms with van der Waals surface area (Å²) in [6.07, 6.45) is 15.0. The van der Waals surface area contributed by atoms with Crippen molar-refractivity contribution in [2.45, 2.75) is 203 Å². The number of rotatable bonds is 13. The molecule has 382 valence electrons. The molecule has 10 nitrogen and oxygen atoms in total. The van der Waals surface area contributed by atoms with Crippen LogP contribution in [0.15, 0.2) is 24.3 Å². The number of aliphatic hydroxyl groups is 2. The molecule has 0 aromatic heterocycles. The summed E-state index contributed by atoms with van der Waals surface area (Å²) in [6, 6.07) is 9.89. The maximum atomic E-state index is 12.8. The number of hydrogen-bond acceptors (Lipinski definition) is 10. The second-order valence-electron chi connectivity index (χ2n) is 28.2. The maximum Gasteiger partial charge on any atom is 0.165 e. The summed E-state index contributed by atoms with van der Waals surface area (Å²) in [5, 5.41) is 25.6. The van der Waals surface area contributed by atoms with Crippen LogP contribution in [-0.4, -0.2) is 120 Å². The average Bonchev–Trinajstić information content (AvgIpc) is 4.26. The normalized spacial score (nSPS) is 43.1. The molecule has 0 amide bonds. The molecule has 8 saturated carbocycles. The summed E-state index contributed by atoms with van der Waals surface area (Å²) < 4.78 is 42.7. The van der Waals surface area contributed by atoms with E-state index in [1.165, 1.54) is 61.0 Å². The van der Waals surface area contributed by atoms with Crippen molar-refractivity contribution in [2.75, 3.05) is 53.6 Å². The number of ether oxygens (including phenoxy) is 6. The Kier molecular flexibility index (Phi) is 9.33. The molecule has 10 heteroatoms. The van der Waals surface area contributed by atoms with Gasteiger partial charge in [-0.3, -0.25) is 9.80 Å². The number of likely N-dealkylation sites (tertiary alicyclic amines) is 2. The standard InChI is InChI=1S/C60H84N2O8/c1-51(2,3)53(7,63)41-31-55-19-21-59(41,65-9)49-57(55)23-25-61(33-35-11-12-35)43(55)29-37-15-17-39(47(69-49)45(37)57)67-27-28-68-40-18-16-38-30-44-56-20-22-60(66-10,42(32-56)54(8,64)52(4,5)6)50-58(56,46(38)48(40)70-50)24-26-62(44)34-36-13-14-36/h15-18,35-36,41-44,49-50,63-64H,11-14,19-34H2,1-10H3/t41-,42?,43?,44?,49+,50?,53?,54?,55?,56-,57+,58?,59+,60-/m1/s1. The Balaban J connectivity index is 0.789. The minimum Gasteiger partial charge on any atom is -0.486 e. The van der Waals surface area contributed by atoms with Gasteiger partial charge in [0.05, 0.1) is 11.2 Å². The van der Waals surface area contributed by atoms with E-state index in [-0.39, 0.29) is 56.5 Å². The first kappa shape index (κ1) is 46.0. The third-order valence-electron chi connectivity index (χ3n) is 24.3. The van der Waals surface area contributed by atoms with E-state index in [4.69, 9.17) is 28.4 Å². The molecule has 14 atom stereocenters. The maximum absolute atomic E-state index is 12.8. The van der Waals surface area contributed by atoms with Crippen LogP contribution in [0.3, 0.4) is 0 Å². The highest BCUT2D eigenvalue weighted by molar-refractivity contribution is 5.65. The zero-order valence-electron chi connectivity index (χ0n) is 44.3. The van der Waals surface area contributed by atoms with E-state index < -0.39 is 22.4 Å². The Labute approximate surface area is 418 Å². The number of nitrogens with zero attached hydrogens (tertiary/aromatic N) is 2. The molecule has 8 unspecified atom stereocenters. The van der Waals surface area contributed by atoms with Crippen molar-refractivity contribution in [2.24, 2.45) is 45.3 Å². The van der Waals surface area contributed by atoms with E-state index in [0.29, 0.717) is 25.3 Å². The molecule has 10 aliphatic carbocycles. The van der Waals surface area contributed by atoms with Crippen molar-refractivity contribution in [3.8, 4) is 23.0 Å². The lowest BCUT2D eigenvalue weighted by atomic mass is 9.33. The number of benzene rings is 2. The summed E-state index contributed by atoms with van der Waals surface area (Å²) in [4.78, 5) is 5.76. The Bertz CT molecular complexity index is 2350. The minimum absolute atomic E-state index is 0.0212. The highest BCUT2D eigenvalue weighted by atomic mass is 16.6. The van der Waals surface area contributed by atoms with Crippen molar-refractivity contribution in [1.82, 2.24) is 9.80 Å². The fourth-order valence-corrected chi connectivity index (χ4v) is 19.7. The molecule has 2 N–H and O–H groups in total. The van der Waals surface area contributed by atoms with Gasteiger partial charge in [0.1, 0.15) is 36.6 Å². The zero-order chi connectivity index (χ0) is 48.6. The number of piperidine rings is 2. The van der Waals surface area contributed by atoms with Gasteiger partial charge in [-0.2, -0.15) is 0 Å². The summed E-state index contributed by atoms with van der Waals surface area (Å²) in [6.45, 7) is 22.6. The van der Waals surface area contributed by atoms with Gasteiger partial charge in [0, 0.05) is 84.0 Å².